The number of fused-ring (bicyclic) bond motifs is 1. The molecular weight excluding hydrogens is 286 g/mol. The number of carbonyl (C=O) groups is 1. The van der Waals surface area contributed by atoms with Crippen molar-refractivity contribution in [2.24, 2.45) is 0 Å². The lowest BCUT2D eigenvalue weighted by molar-refractivity contribution is -0.122. The second-order valence-corrected chi connectivity index (χ2v) is 6.57. The van der Waals surface area contributed by atoms with Crippen LogP contribution in [0.5, 0.6) is 0 Å². The van der Waals surface area contributed by atoms with Crippen LogP contribution >= 0.6 is 11.6 Å². The number of carbonyl (C=O) groups excluding carboxylic acids is 1. The van der Waals surface area contributed by atoms with E-state index in [9.17, 15) is 4.79 Å². The van der Waals surface area contributed by atoms with Gasteiger partial charge in [0.25, 0.3) is 0 Å². The number of nitrogens with one attached hydrogen (secondary N) is 1. The average Bonchev–Trinajstić information content (AvgIpc) is 2.73. The number of benzene rings is 1. The topological polar surface area (TPSA) is 46.9 Å². The van der Waals surface area contributed by atoms with E-state index in [0.29, 0.717) is 18.8 Å². The Hall–Kier alpha value is -1.55. The van der Waals surface area contributed by atoms with E-state index < -0.39 is 0 Å². The maximum Gasteiger partial charge on any atom is 0.222 e. The van der Waals surface area contributed by atoms with Gasteiger partial charge in [-0.1, -0.05) is 12.1 Å². The van der Waals surface area contributed by atoms with E-state index in [2.05, 4.69) is 10.3 Å². The van der Waals surface area contributed by atoms with Crippen molar-refractivity contribution < 1.29 is 4.79 Å². The predicted molar refractivity (Wildman–Crippen MR) is 86.5 cm³/mol. The highest BCUT2D eigenvalue weighted by Crippen LogP contribution is 2.21. The fourth-order valence-electron chi connectivity index (χ4n) is 2.38. The van der Waals surface area contributed by atoms with Gasteiger partial charge in [0.1, 0.15) is 5.82 Å². The highest BCUT2D eigenvalue weighted by Gasteiger charge is 2.16. The van der Waals surface area contributed by atoms with Crippen molar-refractivity contribution in [1.82, 2.24) is 14.9 Å². The summed E-state index contributed by atoms with van der Waals surface area (Å²) in [6.07, 6.45) is 0.417. The number of para-hydroxylation sites is 1. The van der Waals surface area contributed by atoms with Gasteiger partial charge in [0.05, 0.1) is 16.9 Å². The molecule has 2 rings (SSSR count). The molecule has 0 atom stereocenters. The molecule has 2 aromatic rings. The van der Waals surface area contributed by atoms with E-state index >= 15 is 0 Å². The number of nitrogens with zero attached hydrogens (tertiary/aromatic N) is 2. The van der Waals surface area contributed by atoms with Gasteiger partial charge in [0.15, 0.2) is 0 Å². The molecule has 1 amide bonds. The number of alkyl halides is 1. The molecule has 0 aliphatic carbocycles. The normalized spacial score (nSPS) is 11.9. The fourth-order valence-corrected chi connectivity index (χ4v) is 2.58. The number of hydrogen-bond acceptors (Lipinski definition) is 2. The Bertz CT molecular complexity index is 655. The number of amides is 1. The smallest absolute Gasteiger partial charge is 0.222 e. The van der Waals surface area contributed by atoms with Gasteiger partial charge >= 0.3 is 0 Å². The summed E-state index contributed by atoms with van der Waals surface area (Å²) < 4.78 is 2.04. The molecule has 0 radical (unpaired) electrons. The second-order valence-electron chi connectivity index (χ2n) is 6.30. The minimum Gasteiger partial charge on any atom is -0.351 e. The molecule has 1 aromatic heterocycles. The molecule has 0 aliphatic heterocycles. The van der Waals surface area contributed by atoms with Gasteiger partial charge in [-0.05, 0) is 39.3 Å². The summed E-state index contributed by atoms with van der Waals surface area (Å²) in [4.78, 5) is 16.6. The molecule has 0 spiro atoms. The van der Waals surface area contributed by atoms with Gasteiger partial charge in [-0.25, -0.2) is 4.98 Å². The molecule has 21 heavy (non-hydrogen) atoms. The van der Waals surface area contributed by atoms with Crippen LogP contribution in [-0.2, 0) is 17.2 Å². The largest absolute Gasteiger partial charge is 0.351 e. The minimum absolute atomic E-state index is 0.0394. The van der Waals surface area contributed by atoms with Crippen molar-refractivity contribution in [2.75, 3.05) is 0 Å². The van der Waals surface area contributed by atoms with Gasteiger partial charge in [0, 0.05) is 18.5 Å². The Kier molecular flexibility index (Phi) is 4.57. The second kappa shape index (κ2) is 6.06. The fraction of sp³-hybridized carbons (Fsp3) is 0.500. The summed E-state index contributed by atoms with van der Waals surface area (Å²) >= 11 is 5.99. The van der Waals surface area contributed by atoms with E-state index in [1.807, 2.05) is 50.5 Å². The lowest BCUT2D eigenvalue weighted by atomic mass is 10.1. The molecule has 4 nitrogen and oxygen atoms in total. The van der Waals surface area contributed by atoms with E-state index in [0.717, 1.165) is 22.4 Å². The van der Waals surface area contributed by atoms with Gasteiger partial charge < -0.3 is 9.88 Å². The maximum atomic E-state index is 12.0. The molecule has 0 saturated carbocycles. The van der Waals surface area contributed by atoms with Crippen LogP contribution in [0.4, 0.5) is 0 Å². The van der Waals surface area contributed by atoms with Crippen molar-refractivity contribution in [2.45, 2.75) is 52.1 Å². The molecule has 114 valence electrons. The van der Waals surface area contributed by atoms with Gasteiger partial charge in [-0.3, -0.25) is 4.79 Å². The lowest BCUT2D eigenvalue weighted by Crippen LogP contribution is -2.40. The number of halogens is 1. The molecule has 0 bridgehead atoms. The Morgan fingerprint density at radius 1 is 1.38 bits per heavy atom. The van der Waals surface area contributed by atoms with Crippen LogP contribution in [0, 0.1) is 6.92 Å². The van der Waals surface area contributed by atoms with E-state index in [4.69, 9.17) is 11.6 Å². The summed E-state index contributed by atoms with van der Waals surface area (Å²) in [6.45, 7) is 8.55. The quantitative estimate of drug-likeness (QED) is 0.880. The van der Waals surface area contributed by atoms with E-state index in [-0.39, 0.29) is 11.4 Å². The Morgan fingerprint density at radius 3 is 2.71 bits per heavy atom. The first-order valence-corrected chi connectivity index (χ1v) is 7.67. The Balaban J connectivity index is 2.22. The van der Waals surface area contributed by atoms with Gasteiger partial charge in [-0.15, -0.1) is 11.6 Å². The van der Waals surface area contributed by atoms with Crippen LogP contribution in [0.2, 0.25) is 0 Å². The molecule has 1 heterocycles. The molecule has 0 aliphatic rings. The highest BCUT2D eigenvalue weighted by molar-refractivity contribution is 6.16. The van der Waals surface area contributed by atoms with Crippen molar-refractivity contribution in [3.63, 3.8) is 0 Å². The van der Waals surface area contributed by atoms with E-state index in [1.54, 1.807) is 0 Å². The zero-order valence-electron chi connectivity index (χ0n) is 13.0. The zero-order valence-corrected chi connectivity index (χ0v) is 13.8. The average molecular weight is 308 g/mol. The van der Waals surface area contributed by atoms with Gasteiger partial charge in [-0.2, -0.15) is 0 Å². The number of aromatic nitrogens is 2. The first-order chi connectivity index (χ1) is 9.81. The summed E-state index contributed by atoms with van der Waals surface area (Å²) in [6, 6.07) is 6.06. The molecular formula is C16H22ClN3O. The first kappa shape index (κ1) is 15.8. The summed E-state index contributed by atoms with van der Waals surface area (Å²) in [5.41, 5.74) is 2.91. The van der Waals surface area contributed by atoms with Gasteiger partial charge in [0.2, 0.25) is 5.91 Å². The van der Waals surface area contributed by atoms with Crippen LogP contribution in [-0.4, -0.2) is 21.0 Å². The Morgan fingerprint density at radius 2 is 2.10 bits per heavy atom. The highest BCUT2D eigenvalue weighted by atomic mass is 35.5. The maximum absolute atomic E-state index is 12.0. The van der Waals surface area contributed by atoms with Crippen LogP contribution in [0.1, 0.15) is 38.6 Å². The summed E-state index contributed by atoms with van der Waals surface area (Å²) in [7, 11) is 0. The zero-order chi connectivity index (χ0) is 15.6. The molecule has 0 fully saturated rings. The molecule has 1 aromatic carbocycles. The van der Waals surface area contributed by atoms with Crippen molar-refractivity contribution in [3.8, 4) is 0 Å². The van der Waals surface area contributed by atoms with Crippen LogP contribution in [0.15, 0.2) is 18.2 Å². The SMILES string of the molecule is Cc1cccc2c1nc(CCl)n2CCC(=O)NC(C)(C)C. The van der Waals surface area contributed by atoms with E-state index in [1.165, 1.54) is 0 Å². The van der Waals surface area contributed by atoms with Crippen molar-refractivity contribution in [3.05, 3.63) is 29.6 Å². The van der Waals surface area contributed by atoms with Crippen LogP contribution in [0.3, 0.4) is 0 Å². The lowest BCUT2D eigenvalue weighted by Gasteiger charge is -2.20. The monoisotopic (exact) mass is 307 g/mol. The molecule has 0 unspecified atom stereocenters. The summed E-state index contributed by atoms with van der Waals surface area (Å²) in [5.74, 6) is 1.19. The molecule has 1 N–H and O–H groups in total. The minimum atomic E-state index is -0.208. The van der Waals surface area contributed by atoms with Crippen LogP contribution < -0.4 is 5.32 Å². The standard InChI is InChI=1S/C16H22ClN3O/c1-11-6-5-7-12-15(11)18-13(10-17)20(12)9-8-14(21)19-16(2,3)4/h5-7H,8-10H2,1-4H3,(H,19,21). The first-order valence-electron chi connectivity index (χ1n) is 7.13. The predicted octanol–water partition coefficient (Wildman–Crippen LogP) is 3.39. The van der Waals surface area contributed by atoms with Crippen molar-refractivity contribution in [1.29, 1.82) is 0 Å². The molecule has 0 saturated heterocycles. The third kappa shape index (κ3) is 3.76. The number of rotatable bonds is 4. The van der Waals surface area contributed by atoms with Crippen LogP contribution in [0.25, 0.3) is 11.0 Å². The third-order valence-corrected chi connectivity index (χ3v) is 3.50. The summed E-state index contributed by atoms with van der Waals surface area (Å²) in [5, 5.41) is 2.97. The molecule has 5 heteroatoms. The number of aryl methyl sites for hydroxylation is 2. The number of imidazole rings is 1. The third-order valence-electron chi connectivity index (χ3n) is 3.26. The number of hydrogen-bond donors (Lipinski definition) is 1. The Labute approximate surface area is 130 Å². The van der Waals surface area contributed by atoms with Crippen molar-refractivity contribution >= 4 is 28.5 Å².